The number of aliphatic carboxylic acids is 1. The molecule has 0 radical (unpaired) electrons. The summed E-state index contributed by atoms with van der Waals surface area (Å²) in [6, 6.07) is 39.8. The predicted octanol–water partition coefficient (Wildman–Crippen LogP) is 13.0. The molecule has 0 aliphatic carbocycles. The summed E-state index contributed by atoms with van der Waals surface area (Å²) < 4.78 is 11.5. The Kier molecular flexibility index (Phi) is 19.8. The normalized spacial score (nSPS) is 10.8. The van der Waals surface area contributed by atoms with Gasteiger partial charge in [0.2, 0.25) is 0 Å². The summed E-state index contributed by atoms with van der Waals surface area (Å²) in [7, 11) is 0. The molecule has 8 aromatic rings. The van der Waals surface area contributed by atoms with Crippen LogP contribution in [0, 0.1) is 0 Å². The van der Waals surface area contributed by atoms with Gasteiger partial charge in [0.1, 0.15) is 40.3 Å². The van der Waals surface area contributed by atoms with Crippen molar-refractivity contribution in [3.63, 3.8) is 0 Å². The largest absolute Gasteiger partial charge is 0.507 e. The molecule has 0 saturated carbocycles. The highest BCUT2D eigenvalue weighted by Gasteiger charge is 2.20. The van der Waals surface area contributed by atoms with Crippen molar-refractivity contribution in [2.45, 2.75) is 84.5 Å². The summed E-state index contributed by atoms with van der Waals surface area (Å²) in [5, 5.41) is 60.5. The Morgan fingerprint density at radius 1 is 0.461 bits per heavy atom. The number of aromatic nitrogens is 6. The van der Waals surface area contributed by atoms with Gasteiger partial charge in [-0.2, -0.15) is 0 Å². The Hall–Kier alpha value is -8.89. The van der Waals surface area contributed by atoms with Crippen LogP contribution in [0.1, 0.15) is 82.8 Å². The van der Waals surface area contributed by atoms with Gasteiger partial charge >= 0.3 is 5.97 Å². The maximum atomic E-state index is 10.9. The number of carboxylic acids is 1. The van der Waals surface area contributed by atoms with Crippen molar-refractivity contribution in [3.8, 4) is 103 Å². The number of phenolic OH excluding ortho intramolecular Hbond substituents is 4. The fraction of sp³-hybridized carbons (Fsp3) is 0.250. The molecule has 2 heterocycles. The van der Waals surface area contributed by atoms with Gasteiger partial charge in [-0.15, -0.1) is 0 Å². The maximum absolute atomic E-state index is 10.9. The molecule has 0 spiro atoms. The number of carbonyl (C=O) groups is 1. The smallest absolute Gasteiger partial charge is 0.303 e. The van der Waals surface area contributed by atoms with Crippen molar-refractivity contribution < 1.29 is 49.9 Å². The monoisotopic (exact) mass is 1030 g/mol. The third kappa shape index (κ3) is 15.3. The Labute approximate surface area is 441 Å². The topological polar surface area (TPSA) is 243 Å². The van der Waals surface area contributed by atoms with E-state index in [2.05, 4.69) is 55.2 Å². The molecule has 6 aromatic carbocycles. The van der Waals surface area contributed by atoms with Crippen LogP contribution in [0.15, 0.2) is 146 Å². The molecule has 16 nitrogen and oxygen atoms in total. The van der Waals surface area contributed by atoms with E-state index in [0.29, 0.717) is 102 Å². The fourth-order valence-corrected chi connectivity index (χ4v) is 8.07. The van der Waals surface area contributed by atoms with Gasteiger partial charge in [-0.1, -0.05) is 106 Å². The molecule has 0 aliphatic heterocycles. The van der Waals surface area contributed by atoms with E-state index in [1.54, 1.807) is 36.4 Å². The van der Waals surface area contributed by atoms with E-state index in [-0.39, 0.29) is 46.8 Å². The first-order chi connectivity index (χ1) is 36.9. The molecule has 0 fully saturated rings. The summed E-state index contributed by atoms with van der Waals surface area (Å²) >= 11 is 0. The Bertz CT molecular complexity index is 3140. The van der Waals surface area contributed by atoms with Crippen LogP contribution in [0.4, 0.5) is 0 Å². The summed E-state index contributed by atoms with van der Waals surface area (Å²) in [6.07, 6.45) is 7.84. The average molecular weight is 1030 g/mol. The molecule has 0 amide bonds. The van der Waals surface area contributed by atoms with Crippen molar-refractivity contribution in [1.29, 1.82) is 0 Å². The number of rotatable bonds is 24. The lowest BCUT2D eigenvalue weighted by Crippen LogP contribution is -2.02. The minimum absolute atomic E-state index is 0.0861. The number of nitrogens with zero attached hydrogens (tertiary/aromatic N) is 6. The number of aromatic hydroxyl groups is 4. The second kappa shape index (κ2) is 27.4. The molecule has 6 N–H and O–H groups in total. The molecule has 0 unspecified atom stereocenters. The van der Waals surface area contributed by atoms with E-state index in [0.717, 1.165) is 54.4 Å². The van der Waals surface area contributed by atoms with Gasteiger partial charge in [-0.25, -0.2) is 35.2 Å². The van der Waals surface area contributed by atoms with Gasteiger partial charge in [0.15, 0.2) is 34.9 Å². The summed E-state index contributed by atoms with van der Waals surface area (Å²) in [5.41, 5.74) is 5.48. The zero-order valence-corrected chi connectivity index (χ0v) is 42.6. The molecule has 0 bridgehead atoms. The van der Waals surface area contributed by atoms with Gasteiger partial charge in [-0.3, -0.25) is 4.79 Å². The number of ether oxygens (including phenoxy) is 2. The van der Waals surface area contributed by atoms with Gasteiger partial charge in [0.05, 0.1) is 35.5 Å². The molecule has 0 aliphatic rings. The first kappa shape index (κ1) is 54.9. The summed E-state index contributed by atoms with van der Waals surface area (Å²) in [6.45, 7) is 8.56. The van der Waals surface area contributed by atoms with Crippen LogP contribution in [0.3, 0.4) is 0 Å². The highest BCUT2D eigenvalue weighted by atomic mass is 17.1. The van der Waals surface area contributed by atoms with Gasteiger partial charge in [0, 0.05) is 36.1 Å². The molecule has 76 heavy (non-hydrogen) atoms. The van der Waals surface area contributed by atoms with Crippen molar-refractivity contribution in [1.82, 2.24) is 29.9 Å². The fourth-order valence-electron chi connectivity index (χ4n) is 8.07. The van der Waals surface area contributed by atoms with Crippen LogP contribution in [-0.4, -0.2) is 79.9 Å². The van der Waals surface area contributed by atoms with Crippen LogP contribution in [0.25, 0.3) is 68.3 Å². The Morgan fingerprint density at radius 3 is 1.20 bits per heavy atom. The molecule has 0 saturated heterocycles. The van der Waals surface area contributed by atoms with E-state index in [1.165, 1.54) is 12.1 Å². The van der Waals surface area contributed by atoms with Crippen molar-refractivity contribution in [2.75, 3.05) is 13.2 Å². The Balaban J connectivity index is 0.000000232. The van der Waals surface area contributed by atoms with E-state index in [1.807, 2.05) is 84.9 Å². The van der Waals surface area contributed by atoms with Crippen molar-refractivity contribution >= 4 is 5.97 Å². The van der Waals surface area contributed by atoms with Gasteiger partial charge in [0.25, 0.3) is 0 Å². The number of carboxylic acid groups (broad SMARTS) is 1. The number of hydrogen-bond acceptors (Lipinski definition) is 15. The third-order valence-electron chi connectivity index (χ3n) is 12.0. The van der Waals surface area contributed by atoms with E-state index in [9.17, 15) is 25.2 Å². The van der Waals surface area contributed by atoms with Crippen LogP contribution < -0.4 is 9.47 Å². The van der Waals surface area contributed by atoms with E-state index >= 15 is 0 Å². The number of aryl methyl sites for hydroxylation is 2. The molecule has 2 aromatic heterocycles. The molecule has 8 rings (SSSR count). The molecular weight excluding hydrogens is 965 g/mol. The minimum Gasteiger partial charge on any atom is -0.507 e. The number of allylic oxidation sites excluding steroid dienone is 1. The maximum Gasteiger partial charge on any atom is 0.303 e. The van der Waals surface area contributed by atoms with E-state index in [4.69, 9.17) is 19.8 Å². The molecule has 16 heteroatoms. The zero-order valence-electron chi connectivity index (χ0n) is 42.6. The molecular formula is C60H62N6O10. The highest BCUT2D eigenvalue weighted by molar-refractivity contribution is 5.74. The lowest BCUT2D eigenvalue weighted by atomic mass is 10.0. The Morgan fingerprint density at radius 2 is 0.829 bits per heavy atom. The van der Waals surface area contributed by atoms with Gasteiger partial charge in [-0.05, 0) is 105 Å². The SMILES string of the molecule is C=C(CCCCOc1ccc(-c2nc(-c3ccccc3)nc(-c3ccc(OCCCCCC(=O)O)cc3O)n2)c(O)c1)OO.CCCc1ccc(-c2nc(-c3ccccc3)nc(-c3ccc(CCC)cc3O)n2)c(O)c1. The van der Waals surface area contributed by atoms with Gasteiger partial charge < -0.3 is 39.9 Å². The standard InChI is InChI=1S/C33H35N3O8.C27H27N3O2/c1-22(44-41)10-7-9-19-43-25-15-17-27(29(38)21-25)33-35-31(23-11-4-2-5-12-23)34-32(36-33)26-16-14-24(20-28(26)37)42-18-8-3-6-13-30(39)40;1-3-8-18-12-14-21(23(31)16-18)26-28-25(20-10-6-5-7-11-20)29-27(30-26)22-15-13-19(9-4-2)17-24(22)32/h2,4-5,11-12,14-17,20-21,37-38,41H,1,3,6-10,13,18-19H2,(H,39,40);5-7,10-17,31-32H,3-4,8-9H2,1-2H3. The minimum atomic E-state index is -0.814. The lowest BCUT2D eigenvalue weighted by molar-refractivity contribution is -0.205. The first-order valence-corrected chi connectivity index (χ1v) is 25.3. The third-order valence-corrected chi connectivity index (χ3v) is 12.0. The number of hydrogen-bond donors (Lipinski definition) is 6. The van der Waals surface area contributed by atoms with Crippen LogP contribution >= 0.6 is 0 Å². The van der Waals surface area contributed by atoms with Crippen LogP contribution in [0.5, 0.6) is 34.5 Å². The predicted molar refractivity (Wildman–Crippen MR) is 291 cm³/mol. The van der Waals surface area contributed by atoms with Crippen molar-refractivity contribution in [2.24, 2.45) is 0 Å². The number of unbranched alkanes of at least 4 members (excludes halogenated alkanes) is 3. The average Bonchev–Trinajstić information content (AvgIpc) is 3.43. The second-order valence-electron chi connectivity index (χ2n) is 17.9. The zero-order chi connectivity index (χ0) is 53.8. The molecule has 392 valence electrons. The van der Waals surface area contributed by atoms with Crippen LogP contribution in [0.2, 0.25) is 0 Å². The van der Waals surface area contributed by atoms with Crippen LogP contribution in [-0.2, 0) is 22.5 Å². The molecule has 0 atom stereocenters. The second-order valence-corrected chi connectivity index (χ2v) is 17.9. The number of phenols is 4. The summed E-state index contributed by atoms with van der Waals surface area (Å²) in [4.78, 5) is 42.5. The number of benzene rings is 6. The van der Waals surface area contributed by atoms with E-state index < -0.39 is 5.97 Å². The van der Waals surface area contributed by atoms with Crippen molar-refractivity contribution in [3.05, 3.63) is 157 Å². The highest BCUT2D eigenvalue weighted by Crippen LogP contribution is 2.37. The summed E-state index contributed by atoms with van der Waals surface area (Å²) in [5.74, 6) is 2.49. The quantitative estimate of drug-likeness (QED) is 0.0143. The lowest BCUT2D eigenvalue weighted by Gasteiger charge is -2.12. The first-order valence-electron chi connectivity index (χ1n) is 25.3.